The van der Waals surface area contributed by atoms with Crippen molar-refractivity contribution < 1.29 is 9.59 Å². The zero-order chi connectivity index (χ0) is 24.5. The van der Waals surface area contributed by atoms with Crippen LogP contribution in [-0.4, -0.2) is 11.8 Å². The number of hydrogen-bond donors (Lipinski definition) is 2. The van der Waals surface area contributed by atoms with Crippen LogP contribution in [-0.2, 0) is 13.1 Å². The fraction of sp³-hybridized carbons (Fsp3) is 0.0625. The first-order valence-electron chi connectivity index (χ1n) is 12.0. The molecule has 0 aliphatic heterocycles. The molecule has 0 saturated carbocycles. The molecule has 5 aromatic rings. The van der Waals surface area contributed by atoms with E-state index < -0.39 is 0 Å². The lowest BCUT2D eigenvalue weighted by molar-refractivity contribution is 0.0943. The van der Waals surface area contributed by atoms with Crippen LogP contribution in [0.5, 0.6) is 0 Å². The van der Waals surface area contributed by atoms with Crippen molar-refractivity contribution >= 4 is 22.6 Å². The number of amides is 2. The molecule has 0 radical (unpaired) electrons. The molecule has 0 saturated heterocycles. The van der Waals surface area contributed by atoms with Gasteiger partial charge in [0.25, 0.3) is 11.8 Å². The van der Waals surface area contributed by atoms with Crippen molar-refractivity contribution in [2.24, 2.45) is 0 Å². The van der Waals surface area contributed by atoms with Gasteiger partial charge in [0.2, 0.25) is 0 Å². The van der Waals surface area contributed by atoms with Crippen LogP contribution in [0.15, 0.2) is 109 Å². The van der Waals surface area contributed by atoms with Crippen LogP contribution in [0.4, 0.5) is 0 Å². The summed E-state index contributed by atoms with van der Waals surface area (Å²) in [6.45, 7) is 0.957. The zero-order valence-corrected chi connectivity index (χ0v) is 19.6. The summed E-state index contributed by atoms with van der Waals surface area (Å²) in [7, 11) is 0. The van der Waals surface area contributed by atoms with Crippen LogP contribution in [0.2, 0.25) is 0 Å². The molecule has 36 heavy (non-hydrogen) atoms. The Labute approximate surface area is 209 Å². The van der Waals surface area contributed by atoms with Crippen LogP contribution >= 0.6 is 0 Å². The predicted octanol–water partition coefficient (Wildman–Crippen LogP) is 6.35. The molecule has 0 bridgehead atoms. The van der Waals surface area contributed by atoms with E-state index >= 15 is 0 Å². The molecule has 6 rings (SSSR count). The van der Waals surface area contributed by atoms with Gasteiger partial charge in [0.15, 0.2) is 0 Å². The number of rotatable bonds is 6. The van der Waals surface area contributed by atoms with E-state index in [1.165, 1.54) is 0 Å². The molecule has 5 aromatic carbocycles. The van der Waals surface area contributed by atoms with Crippen molar-refractivity contribution in [3.8, 4) is 22.3 Å². The lowest BCUT2D eigenvalue weighted by atomic mass is 9.98. The van der Waals surface area contributed by atoms with Gasteiger partial charge in [-0.05, 0) is 62.4 Å². The van der Waals surface area contributed by atoms with Gasteiger partial charge in [-0.3, -0.25) is 9.59 Å². The summed E-state index contributed by atoms with van der Waals surface area (Å²) in [5, 5.41) is 8.04. The summed E-state index contributed by atoms with van der Waals surface area (Å²) in [6.07, 6.45) is 0. The molecule has 0 fully saturated rings. The van der Waals surface area contributed by atoms with Crippen LogP contribution < -0.4 is 10.6 Å². The Morgan fingerprint density at radius 1 is 0.528 bits per heavy atom. The van der Waals surface area contributed by atoms with Crippen molar-refractivity contribution in [1.29, 1.82) is 0 Å². The van der Waals surface area contributed by atoms with Gasteiger partial charge in [-0.25, -0.2) is 0 Å². The summed E-state index contributed by atoms with van der Waals surface area (Å²) < 4.78 is 0. The number of benzene rings is 5. The van der Waals surface area contributed by atoms with Gasteiger partial charge >= 0.3 is 0 Å². The number of carbonyl (C=O) groups is 2. The van der Waals surface area contributed by atoms with E-state index in [1.807, 2.05) is 103 Å². The highest BCUT2D eigenvalue weighted by Gasteiger charge is 2.25. The first-order chi connectivity index (χ1) is 17.7. The summed E-state index contributed by atoms with van der Waals surface area (Å²) in [5.74, 6) is -0.203. The Hall–Kier alpha value is -4.70. The fourth-order valence-corrected chi connectivity index (χ4v) is 4.95. The van der Waals surface area contributed by atoms with Gasteiger partial charge < -0.3 is 10.6 Å². The number of fused-ring (bicyclic) bond motifs is 3. The van der Waals surface area contributed by atoms with Crippen molar-refractivity contribution in [2.75, 3.05) is 0 Å². The summed E-state index contributed by atoms with van der Waals surface area (Å²) in [6, 6.07) is 35.6. The highest BCUT2D eigenvalue weighted by Crippen LogP contribution is 2.48. The molecule has 0 spiro atoms. The molecule has 1 aliphatic rings. The van der Waals surface area contributed by atoms with Crippen LogP contribution in [0.25, 0.3) is 33.0 Å². The molecule has 0 aromatic heterocycles. The predicted molar refractivity (Wildman–Crippen MR) is 144 cm³/mol. The average molecular weight is 469 g/mol. The smallest absolute Gasteiger partial charge is 0.252 e. The van der Waals surface area contributed by atoms with Gasteiger partial charge in [-0.1, -0.05) is 91.0 Å². The Morgan fingerprint density at radius 3 is 1.83 bits per heavy atom. The Morgan fingerprint density at radius 2 is 1.14 bits per heavy atom. The first kappa shape index (κ1) is 21.8. The van der Waals surface area contributed by atoms with Crippen molar-refractivity contribution in [1.82, 2.24) is 10.6 Å². The maximum absolute atomic E-state index is 13.1. The minimum Gasteiger partial charge on any atom is -0.348 e. The van der Waals surface area contributed by atoms with E-state index in [9.17, 15) is 9.59 Å². The number of nitrogens with one attached hydrogen (secondary N) is 2. The van der Waals surface area contributed by atoms with Crippen LogP contribution in [0, 0.1) is 0 Å². The lowest BCUT2D eigenvalue weighted by Crippen LogP contribution is -2.23. The largest absolute Gasteiger partial charge is 0.348 e. The third-order valence-corrected chi connectivity index (χ3v) is 6.74. The first-order valence-corrected chi connectivity index (χ1v) is 12.0. The molecule has 0 heterocycles. The Bertz CT molecular complexity index is 1610. The van der Waals surface area contributed by atoms with Gasteiger partial charge in [0, 0.05) is 24.2 Å². The SMILES string of the molecule is O=C(NCc1ccccc1)c1ccc2c(c1)-c1ccc(C(=O)NCc3ccccc3)c3cccc-2c13. The van der Waals surface area contributed by atoms with Crippen LogP contribution in [0.1, 0.15) is 31.8 Å². The average Bonchev–Trinajstić information content (AvgIpc) is 3.26. The van der Waals surface area contributed by atoms with Gasteiger partial charge in [-0.15, -0.1) is 0 Å². The minimum absolute atomic E-state index is 0.0977. The zero-order valence-electron chi connectivity index (χ0n) is 19.6. The van der Waals surface area contributed by atoms with Gasteiger partial charge in [-0.2, -0.15) is 0 Å². The van der Waals surface area contributed by atoms with Crippen LogP contribution in [0.3, 0.4) is 0 Å². The van der Waals surface area contributed by atoms with E-state index in [0.717, 1.165) is 44.2 Å². The maximum atomic E-state index is 13.1. The second kappa shape index (κ2) is 9.16. The lowest BCUT2D eigenvalue weighted by Gasteiger charge is -2.10. The number of hydrogen-bond acceptors (Lipinski definition) is 2. The maximum Gasteiger partial charge on any atom is 0.252 e. The second-order valence-corrected chi connectivity index (χ2v) is 8.99. The summed E-state index contributed by atoms with van der Waals surface area (Å²) in [4.78, 5) is 26.0. The quantitative estimate of drug-likeness (QED) is 0.299. The molecule has 2 amide bonds. The highest BCUT2D eigenvalue weighted by molar-refractivity contribution is 6.20. The molecule has 174 valence electrons. The second-order valence-electron chi connectivity index (χ2n) is 8.99. The minimum atomic E-state index is -0.106. The topological polar surface area (TPSA) is 58.2 Å². The molecule has 4 heteroatoms. The van der Waals surface area contributed by atoms with Gasteiger partial charge in [0.05, 0.1) is 0 Å². The standard InChI is InChI=1S/C32H24N2O2/c35-31(33-19-21-8-3-1-4-9-21)23-14-15-24-25-12-7-13-26-28(17-16-27(30(25)26)29(24)18-23)32(36)34-20-22-10-5-2-6-11-22/h1-18H,19-20H2,(H,33,35)(H,34,36). The molecule has 2 N–H and O–H groups in total. The van der Waals surface area contributed by atoms with Crippen molar-refractivity contribution in [2.45, 2.75) is 13.1 Å². The van der Waals surface area contributed by atoms with E-state index in [2.05, 4.69) is 16.7 Å². The Balaban J connectivity index is 1.29. The molecular formula is C32H24N2O2. The van der Waals surface area contributed by atoms with E-state index in [1.54, 1.807) is 0 Å². The fourth-order valence-electron chi connectivity index (χ4n) is 4.95. The normalized spacial score (nSPS) is 11.2. The molecule has 4 nitrogen and oxygen atoms in total. The van der Waals surface area contributed by atoms with E-state index in [0.29, 0.717) is 24.2 Å². The molecular weight excluding hydrogens is 444 g/mol. The summed E-state index contributed by atoms with van der Waals surface area (Å²) >= 11 is 0. The molecule has 1 aliphatic carbocycles. The highest BCUT2D eigenvalue weighted by atomic mass is 16.2. The molecule has 0 unspecified atom stereocenters. The van der Waals surface area contributed by atoms with Gasteiger partial charge in [0.1, 0.15) is 0 Å². The van der Waals surface area contributed by atoms with E-state index in [4.69, 9.17) is 0 Å². The summed E-state index contributed by atoms with van der Waals surface area (Å²) in [5.41, 5.74) is 7.63. The van der Waals surface area contributed by atoms with E-state index in [-0.39, 0.29) is 11.8 Å². The molecule has 0 atom stereocenters. The monoisotopic (exact) mass is 468 g/mol. The van der Waals surface area contributed by atoms with Crippen molar-refractivity contribution in [3.05, 3.63) is 131 Å². The van der Waals surface area contributed by atoms with Crippen molar-refractivity contribution in [3.63, 3.8) is 0 Å². The Kier molecular flexibility index (Phi) is 5.55. The third-order valence-electron chi connectivity index (χ3n) is 6.74. The third kappa shape index (κ3) is 3.93. The number of carbonyl (C=O) groups excluding carboxylic acids is 2.